The Labute approximate surface area is 181 Å². The van der Waals surface area contributed by atoms with Crippen molar-refractivity contribution in [2.75, 3.05) is 13.6 Å². The number of likely N-dealkylation sites (N-methyl/N-ethyl adjacent to an activating group) is 1. The summed E-state index contributed by atoms with van der Waals surface area (Å²) in [7, 11) is 1.56. The van der Waals surface area contributed by atoms with E-state index in [1.807, 2.05) is 0 Å². The Morgan fingerprint density at radius 3 is 2.29 bits per heavy atom. The second-order valence-electron chi connectivity index (χ2n) is 8.35. The number of imidazole rings is 1. The van der Waals surface area contributed by atoms with E-state index in [1.54, 1.807) is 65.9 Å². The maximum atomic E-state index is 12.5. The maximum absolute atomic E-state index is 12.5. The monoisotopic (exact) mass is 431 g/mol. The summed E-state index contributed by atoms with van der Waals surface area (Å²) in [4.78, 5) is 41.8. The Hall–Kier alpha value is -3.36. The van der Waals surface area contributed by atoms with Gasteiger partial charge in [0.1, 0.15) is 23.8 Å². The second kappa shape index (κ2) is 10.1. The number of ether oxygens (including phenoxy) is 3. The first-order chi connectivity index (χ1) is 14.5. The Balaban J connectivity index is 2.19. The van der Waals surface area contributed by atoms with E-state index >= 15 is 0 Å². The lowest BCUT2D eigenvalue weighted by Crippen LogP contribution is -2.37. The van der Waals surface area contributed by atoms with Crippen molar-refractivity contribution in [2.45, 2.75) is 46.3 Å². The van der Waals surface area contributed by atoms with Gasteiger partial charge in [-0.3, -0.25) is 4.79 Å². The van der Waals surface area contributed by atoms with E-state index in [4.69, 9.17) is 14.2 Å². The standard InChI is InChI=1S/C22H29N3O6/c1-15(2)19(26)29-17-9-7-16(8-10-17)18(30-21(28)25-12-11-23-14-25)13-24(6)20(27)31-22(3,4)5/h7-12,14-15,18H,13H2,1-6H3. The van der Waals surface area contributed by atoms with E-state index in [0.29, 0.717) is 11.3 Å². The van der Waals surface area contributed by atoms with Crippen LogP contribution in [0.4, 0.5) is 9.59 Å². The first kappa shape index (κ1) is 23.9. The highest BCUT2D eigenvalue weighted by Gasteiger charge is 2.25. The van der Waals surface area contributed by atoms with Gasteiger partial charge >= 0.3 is 18.2 Å². The Kier molecular flexibility index (Phi) is 7.79. The molecule has 0 spiro atoms. The van der Waals surface area contributed by atoms with Crippen molar-refractivity contribution in [1.82, 2.24) is 14.5 Å². The fraction of sp³-hybridized carbons (Fsp3) is 0.455. The van der Waals surface area contributed by atoms with Crippen molar-refractivity contribution in [3.8, 4) is 5.75 Å². The zero-order chi connectivity index (χ0) is 23.2. The van der Waals surface area contributed by atoms with E-state index in [1.165, 1.54) is 28.2 Å². The normalized spacial score (nSPS) is 12.2. The molecule has 1 aromatic heterocycles. The number of aromatic nitrogens is 2. The molecule has 0 radical (unpaired) electrons. The number of hydrogen-bond donors (Lipinski definition) is 0. The molecule has 0 aliphatic heterocycles. The first-order valence-electron chi connectivity index (χ1n) is 9.91. The van der Waals surface area contributed by atoms with Crippen molar-refractivity contribution >= 4 is 18.2 Å². The highest BCUT2D eigenvalue weighted by atomic mass is 16.6. The van der Waals surface area contributed by atoms with Crippen LogP contribution in [0.3, 0.4) is 0 Å². The van der Waals surface area contributed by atoms with Crippen molar-refractivity contribution in [3.05, 3.63) is 48.5 Å². The van der Waals surface area contributed by atoms with Gasteiger partial charge in [0.15, 0.2) is 0 Å². The fourth-order valence-electron chi connectivity index (χ4n) is 2.41. The number of amides is 1. The number of nitrogens with zero attached hydrogens (tertiary/aromatic N) is 3. The van der Waals surface area contributed by atoms with Gasteiger partial charge in [0.25, 0.3) is 0 Å². The van der Waals surface area contributed by atoms with Crippen LogP contribution < -0.4 is 4.74 Å². The van der Waals surface area contributed by atoms with Gasteiger partial charge in [-0.05, 0) is 38.5 Å². The minimum Gasteiger partial charge on any atom is -0.444 e. The molecule has 9 heteroatoms. The molecule has 0 saturated carbocycles. The average molecular weight is 431 g/mol. The molecular formula is C22H29N3O6. The van der Waals surface area contributed by atoms with Crippen LogP contribution in [0.25, 0.3) is 0 Å². The zero-order valence-corrected chi connectivity index (χ0v) is 18.7. The van der Waals surface area contributed by atoms with Crippen LogP contribution in [0.2, 0.25) is 0 Å². The number of hydrogen-bond acceptors (Lipinski definition) is 7. The average Bonchev–Trinajstić information content (AvgIpc) is 3.21. The molecule has 2 rings (SSSR count). The summed E-state index contributed by atoms with van der Waals surface area (Å²) >= 11 is 0. The number of esters is 1. The quantitative estimate of drug-likeness (QED) is 0.503. The van der Waals surface area contributed by atoms with Crippen molar-refractivity contribution in [1.29, 1.82) is 0 Å². The summed E-state index contributed by atoms with van der Waals surface area (Å²) in [5.74, 6) is -0.228. The molecule has 2 aromatic rings. The third-order valence-corrected chi connectivity index (χ3v) is 4.04. The molecule has 1 aromatic carbocycles. The largest absolute Gasteiger partial charge is 0.444 e. The lowest BCUT2D eigenvalue weighted by atomic mass is 10.1. The predicted octanol–water partition coefficient (Wildman–Crippen LogP) is 4.04. The van der Waals surface area contributed by atoms with Gasteiger partial charge in [-0.2, -0.15) is 0 Å². The van der Waals surface area contributed by atoms with Crippen molar-refractivity contribution in [2.24, 2.45) is 5.92 Å². The molecule has 31 heavy (non-hydrogen) atoms. The van der Waals surface area contributed by atoms with Gasteiger partial charge in [-0.15, -0.1) is 0 Å². The van der Waals surface area contributed by atoms with Gasteiger partial charge in [0.05, 0.1) is 12.5 Å². The SMILES string of the molecule is CC(C)C(=O)Oc1ccc(C(CN(C)C(=O)OC(C)(C)C)OC(=O)n2ccnc2)cc1. The topological polar surface area (TPSA) is 100.0 Å². The van der Waals surface area contributed by atoms with E-state index in [2.05, 4.69) is 4.98 Å². The molecule has 0 aliphatic carbocycles. The molecule has 1 heterocycles. The fourth-order valence-corrected chi connectivity index (χ4v) is 2.41. The number of rotatable bonds is 6. The Morgan fingerprint density at radius 2 is 1.77 bits per heavy atom. The summed E-state index contributed by atoms with van der Waals surface area (Å²) in [5, 5.41) is 0. The summed E-state index contributed by atoms with van der Waals surface area (Å²) < 4.78 is 17.5. The first-order valence-corrected chi connectivity index (χ1v) is 9.91. The number of carbonyl (C=O) groups is 3. The maximum Gasteiger partial charge on any atom is 0.419 e. The van der Waals surface area contributed by atoms with E-state index in [0.717, 1.165) is 0 Å². The predicted molar refractivity (Wildman–Crippen MR) is 113 cm³/mol. The minimum atomic E-state index is -0.790. The van der Waals surface area contributed by atoms with Crippen LogP contribution >= 0.6 is 0 Å². The lowest BCUT2D eigenvalue weighted by Gasteiger charge is -2.27. The zero-order valence-electron chi connectivity index (χ0n) is 18.7. The van der Waals surface area contributed by atoms with Crippen molar-refractivity contribution < 1.29 is 28.6 Å². The summed E-state index contributed by atoms with van der Waals surface area (Å²) in [6, 6.07) is 6.58. The van der Waals surface area contributed by atoms with Gasteiger partial charge in [-0.1, -0.05) is 26.0 Å². The van der Waals surface area contributed by atoms with Crippen LogP contribution in [0.15, 0.2) is 43.0 Å². The number of benzene rings is 1. The molecule has 1 unspecified atom stereocenters. The molecular weight excluding hydrogens is 402 g/mol. The molecule has 0 aliphatic rings. The van der Waals surface area contributed by atoms with Gasteiger partial charge in [-0.25, -0.2) is 19.1 Å². The van der Waals surface area contributed by atoms with Crippen LogP contribution in [0.5, 0.6) is 5.75 Å². The lowest BCUT2D eigenvalue weighted by molar-refractivity contribution is -0.137. The molecule has 0 fully saturated rings. The molecule has 1 amide bonds. The summed E-state index contributed by atoms with van der Waals surface area (Å²) in [5.41, 5.74) is -0.0378. The van der Waals surface area contributed by atoms with Gasteiger partial charge in [0.2, 0.25) is 0 Å². The smallest absolute Gasteiger partial charge is 0.419 e. The molecule has 9 nitrogen and oxygen atoms in total. The Bertz CT molecular complexity index is 885. The van der Waals surface area contributed by atoms with Crippen molar-refractivity contribution in [3.63, 3.8) is 0 Å². The highest BCUT2D eigenvalue weighted by Crippen LogP contribution is 2.24. The van der Waals surface area contributed by atoms with E-state index in [-0.39, 0.29) is 18.4 Å². The highest BCUT2D eigenvalue weighted by molar-refractivity contribution is 5.74. The molecule has 0 N–H and O–H groups in total. The van der Waals surface area contributed by atoms with Crippen LogP contribution in [0.1, 0.15) is 46.3 Å². The van der Waals surface area contributed by atoms with E-state index < -0.39 is 23.9 Å². The molecule has 0 bridgehead atoms. The third kappa shape index (κ3) is 7.44. The number of carbonyl (C=O) groups excluding carboxylic acids is 3. The van der Waals surface area contributed by atoms with Gasteiger partial charge < -0.3 is 19.1 Å². The van der Waals surface area contributed by atoms with Crippen LogP contribution in [0, 0.1) is 5.92 Å². The molecule has 0 saturated heterocycles. The summed E-state index contributed by atoms with van der Waals surface area (Å²) in [6.45, 7) is 8.86. The van der Waals surface area contributed by atoms with Gasteiger partial charge in [0, 0.05) is 19.4 Å². The third-order valence-electron chi connectivity index (χ3n) is 4.04. The molecule has 1 atom stereocenters. The van der Waals surface area contributed by atoms with Crippen LogP contribution in [-0.2, 0) is 14.3 Å². The minimum absolute atomic E-state index is 0.0560. The Morgan fingerprint density at radius 1 is 1.13 bits per heavy atom. The second-order valence-corrected chi connectivity index (χ2v) is 8.35. The summed E-state index contributed by atoms with van der Waals surface area (Å²) in [6.07, 6.45) is 2.27. The van der Waals surface area contributed by atoms with Crippen LogP contribution in [-0.4, -0.2) is 51.8 Å². The molecule has 168 valence electrons. The van der Waals surface area contributed by atoms with E-state index in [9.17, 15) is 14.4 Å².